The zero-order valence-electron chi connectivity index (χ0n) is 17.5. The van der Waals surface area contributed by atoms with Crippen molar-refractivity contribution in [2.75, 3.05) is 56.1 Å². The van der Waals surface area contributed by atoms with Crippen LogP contribution < -0.4 is 25.0 Å². The molecule has 2 heterocycles. The normalized spacial score (nSPS) is 13.5. The molecule has 0 bridgehead atoms. The fourth-order valence-electron chi connectivity index (χ4n) is 3.28. The Kier molecular flexibility index (Phi) is 6.23. The highest BCUT2D eigenvalue weighted by molar-refractivity contribution is 5.67. The Bertz CT molecular complexity index is 1020. The van der Waals surface area contributed by atoms with E-state index in [1.54, 1.807) is 31.5 Å². The van der Waals surface area contributed by atoms with Crippen LogP contribution >= 0.6 is 0 Å². The second kappa shape index (κ2) is 9.40. The maximum atomic E-state index is 10.0. The van der Waals surface area contributed by atoms with Crippen molar-refractivity contribution in [3.05, 3.63) is 48.7 Å². The summed E-state index contributed by atoms with van der Waals surface area (Å²) in [4.78, 5) is 11.1. The molecule has 3 aromatic rings. The summed E-state index contributed by atoms with van der Waals surface area (Å²) in [6.07, 6.45) is 1.59. The fourth-order valence-corrected chi connectivity index (χ4v) is 3.28. The van der Waals surface area contributed by atoms with Crippen molar-refractivity contribution in [3.63, 3.8) is 0 Å². The lowest BCUT2D eigenvalue weighted by Gasteiger charge is -2.28. The summed E-state index contributed by atoms with van der Waals surface area (Å²) in [7, 11) is 3.05. The smallest absolute Gasteiger partial charge is 0.229 e. The molecule has 9 nitrogen and oxygen atoms in total. The van der Waals surface area contributed by atoms with Crippen molar-refractivity contribution in [3.8, 4) is 17.2 Å². The van der Waals surface area contributed by atoms with Gasteiger partial charge in [-0.1, -0.05) is 0 Å². The van der Waals surface area contributed by atoms with E-state index in [9.17, 15) is 5.11 Å². The van der Waals surface area contributed by atoms with Crippen molar-refractivity contribution in [2.45, 2.75) is 0 Å². The Morgan fingerprint density at radius 3 is 2.32 bits per heavy atom. The topological polar surface area (TPSA) is 101 Å². The third-order valence-corrected chi connectivity index (χ3v) is 4.92. The van der Waals surface area contributed by atoms with Gasteiger partial charge in [0.05, 0.1) is 33.6 Å². The first-order valence-corrected chi connectivity index (χ1v) is 9.91. The summed E-state index contributed by atoms with van der Waals surface area (Å²) in [6.45, 7) is 3.29. The van der Waals surface area contributed by atoms with E-state index in [2.05, 4.69) is 37.6 Å². The molecular formula is C22H25N5O4. The minimum atomic E-state index is 0.0271. The molecule has 0 saturated carbocycles. The van der Waals surface area contributed by atoms with Gasteiger partial charge in [-0.3, -0.25) is 0 Å². The molecule has 3 N–H and O–H groups in total. The lowest BCUT2D eigenvalue weighted by Crippen LogP contribution is -2.36. The van der Waals surface area contributed by atoms with Crippen LogP contribution in [0.3, 0.4) is 0 Å². The monoisotopic (exact) mass is 423 g/mol. The van der Waals surface area contributed by atoms with E-state index in [1.165, 1.54) is 7.11 Å². The Hall–Kier alpha value is -3.72. The van der Waals surface area contributed by atoms with Crippen LogP contribution in [0.1, 0.15) is 0 Å². The number of hydrogen-bond acceptors (Lipinski definition) is 9. The first-order valence-electron chi connectivity index (χ1n) is 9.91. The molecule has 162 valence electrons. The van der Waals surface area contributed by atoms with Crippen LogP contribution in [0.25, 0.3) is 0 Å². The van der Waals surface area contributed by atoms with E-state index in [1.807, 2.05) is 12.1 Å². The second-order valence-electron chi connectivity index (χ2n) is 6.89. The van der Waals surface area contributed by atoms with Gasteiger partial charge in [0.1, 0.15) is 0 Å². The molecular weight excluding hydrogens is 398 g/mol. The number of phenolic OH excluding ortho intramolecular Hbond substituents is 1. The molecule has 0 aliphatic carbocycles. The summed E-state index contributed by atoms with van der Waals surface area (Å²) in [5, 5.41) is 16.4. The zero-order chi connectivity index (χ0) is 21.6. The standard InChI is InChI=1S/C22H25N5O4/c1-29-19-8-5-16(13-18(19)28)24-21-20(30-2)14-23-22(26-21)25-15-3-6-17(7-4-15)27-9-11-31-12-10-27/h3-8,13-14,28H,9-12H2,1-2H3,(H2,23,24,25,26). The fraction of sp³-hybridized carbons (Fsp3) is 0.273. The molecule has 1 aliphatic heterocycles. The number of nitrogens with one attached hydrogen (secondary N) is 2. The number of anilines is 5. The number of nitrogens with zero attached hydrogens (tertiary/aromatic N) is 3. The number of morpholine rings is 1. The summed E-state index contributed by atoms with van der Waals surface area (Å²) in [5.41, 5.74) is 2.66. The van der Waals surface area contributed by atoms with E-state index in [0.717, 1.165) is 37.7 Å². The van der Waals surface area contributed by atoms with Crippen LogP contribution in [0, 0.1) is 0 Å². The molecule has 0 spiro atoms. The van der Waals surface area contributed by atoms with Gasteiger partial charge in [0.2, 0.25) is 5.95 Å². The minimum absolute atomic E-state index is 0.0271. The molecule has 1 aromatic heterocycles. The quantitative estimate of drug-likeness (QED) is 0.527. The van der Waals surface area contributed by atoms with Gasteiger partial charge in [-0.05, 0) is 36.4 Å². The Morgan fingerprint density at radius 1 is 0.935 bits per heavy atom. The van der Waals surface area contributed by atoms with Gasteiger partial charge in [-0.15, -0.1) is 0 Å². The molecule has 2 aromatic carbocycles. The molecule has 1 aliphatic rings. The van der Waals surface area contributed by atoms with Crippen LogP contribution in [0.5, 0.6) is 17.2 Å². The molecule has 31 heavy (non-hydrogen) atoms. The van der Waals surface area contributed by atoms with E-state index in [0.29, 0.717) is 29.0 Å². The lowest BCUT2D eigenvalue weighted by atomic mass is 10.2. The van der Waals surface area contributed by atoms with Crippen LogP contribution in [0.4, 0.5) is 28.8 Å². The van der Waals surface area contributed by atoms with Gasteiger partial charge < -0.3 is 34.9 Å². The highest BCUT2D eigenvalue weighted by atomic mass is 16.5. The van der Waals surface area contributed by atoms with Gasteiger partial charge in [-0.25, -0.2) is 4.98 Å². The third kappa shape index (κ3) is 4.89. The number of benzene rings is 2. The molecule has 9 heteroatoms. The van der Waals surface area contributed by atoms with Gasteiger partial charge in [0.25, 0.3) is 0 Å². The first-order chi connectivity index (χ1) is 15.2. The summed E-state index contributed by atoms with van der Waals surface area (Å²) in [6, 6.07) is 13.1. The molecule has 0 radical (unpaired) electrons. The Balaban J connectivity index is 1.49. The SMILES string of the molecule is COc1ccc(Nc2nc(Nc3ccc(N4CCOCC4)cc3)ncc2OC)cc1O. The second-order valence-corrected chi connectivity index (χ2v) is 6.89. The highest BCUT2D eigenvalue weighted by Gasteiger charge is 2.12. The van der Waals surface area contributed by atoms with Crippen molar-refractivity contribution in [1.29, 1.82) is 0 Å². The van der Waals surface area contributed by atoms with Crippen LogP contribution in [0.15, 0.2) is 48.7 Å². The maximum absolute atomic E-state index is 10.0. The average Bonchev–Trinajstić information content (AvgIpc) is 2.80. The van der Waals surface area contributed by atoms with Gasteiger partial charge >= 0.3 is 0 Å². The molecule has 1 fully saturated rings. The van der Waals surface area contributed by atoms with E-state index in [4.69, 9.17) is 14.2 Å². The predicted octanol–water partition coefficient (Wildman–Crippen LogP) is 3.52. The Morgan fingerprint density at radius 2 is 1.65 bits per heavy atom. The number of hydrogen-bond donors (Lipinski definition) is 3. The number of ether oxygens (including phenoxy) is 3. The highest BCUT2D eigenvalue weighted by Crippen LogP contribution is 2.32. The van der Waals surface area contributed by atoms with E-state index >= 15 is 0 Å². The number of methoxy groups -OCH3 is 2. The molecule has 0 unspecified atom stereocenters. The average molecular weight is 423 g/mol. The number of phenols is 1. The summed E-state index contributed by atoms with van der Waals surface area (Å²) < 4.78 is 15.9. The van der Waals surface area contributed by atoms with Crippen molar-refractivity contribution in [2.24, 2.45) is 0 Å². The Labute approximate surface area is 180 Å². The predicted molar refractivity (Wildman–Crippen MR) is 119 cm³/mol. The number of aromatic hydroxyl groups is 1. The number of rotatable bonds is 7. The van der Waals surface area contributed by atoms with E-state index in [-0.39, 0.29) is 5.75 Å². The molecule has 0 atom stereocenters. The summed E-state index contributed by atoms with van der Waals surface area (Å²) in [5.74, 6) is 1.78. The third-order valence-electron chi connectivity index (χ3n) is 4.92. The molecule has 4 rings (SSSR count). The van der Waals surface area contributed by atoms with Crippen LogP contribution in [-0.2, 0) is 4.74 Å². The van der Waals surface area contributed by atoms with Gasteiger partial charge in [0.15, 0.2) is 23.1 Å². The lowest BCUT2D eigenvalue weighted by molar-refractivity contribution is 0.122. The van der Waals surface area contributed by atoms with Gasteiger partial charge in [-0.2, -0.15) is 4.98 Å². The molecule has 1 saturated heterocycles. The zero-order valence-corrected chi connectivity index (χ0v) is 17.5. The van der Waals surface area contributed by atoms with Crippen molar-refractivity contribution >= 4 is 28.8 Å². The largest absolute Gasteiger partial charge is 0.504 e. The summed E-state index contributed by atoms with van der Waals surface area (Å²) >= 11 is 0. The van der Waals surface area contributed by atoms with Crippen molar-refractivity contribution < 1.29 is 19.3 Å². The van der Waals surface area contributed by atoms with Crippen LogP contribution in [0.2, 0.25) is 0 Å². The van der Waals surface area contributed by atoms with Gasteiger partial charge in [0, 0.05) is 36.2 Å². The first kappa shape index (κ1) is 20.5. The van der Waals surface area contributed by atoms with E-state index < -0.39 is 0 Å². The molecule has 0 amide bonds. The van der Waals surface area contributed by atoms with Crippen molar-refractivity contribution in [1.82, 2.24) is 9.97 Å². The maximum Gasteiger partial charge on any atom is 0.229 e. The van der Waals surface area contributed by atoms with Crippen LogP contribution in [-0.4, -0.2) is 55.6 Å². The minimum Gasteiger partial charge on any atom is -0.504 e. The number of aromatic nitrogens is 2.